The molecule has 0 saturated carbocycles. The predicted octanol–water partition coefficient (Wildman–Crippen LogP) is 0.426. The maximum absolute atomic E-state index is 5.76. The Labute approximate surface area is 88.3 Å². The summed E-state index contributed by atoms with van der Waals surface area (Å²) in [7, 11) is 0. The summed E-state index contributed by atoms with van der Waals surface area (Å²) in [5.41, 5.74) is 5.51. The molecule has 2 unspecified atom stereocenters. The highest BCUT2D eigenvalue weighted by Gasteiger charge is 2.34. The fourth-order valence-corrected chi connectivity index (χ4v) is 2.30. The summed E-state index contributed by atoms with van der Waals surface area (Å²) in [5, 5.41) is 0. The zero-order valence-corrected chi connectivity index (χ0v) is 8.47. The van der Waals surface area contributed by atoms with Crippen molar-refractivity contribution in [2.75, 3.05) is 23.7 Å². The van der Waals surface area contributed by atoms with Gasteiger partial charge in [-0.25, -0.2) is 9.97 Å². The fraction of sp³-hybridized carbons (Fsp3) is 0.600. The van der Waals surface area contributed by atoms with E-state index in [1.54, 1.807) is 12.4 Å². The number of anilines is 2. The summed E-state index contributed by atoms with van der Waals surface area (Å²) in [6, 6.07) is 0. The highest BCUT2D eigenvalue weighted by atomic mass is 16.5. The fourth-order valence-electron chi connectivity index (χ4n) is 2.30. The summed E-state index contributed by atoms with van der Waals surface area (Å²) < 4.78 is 5.76. The van der Waals surface area contributed by atoms with Crippen LogP contribution in [0.15, 0.2) is 12.4 Å². The van der Waals surface area contributed by atoms with Crippen LogP contribution in [0.5, 0.6) is 0 Å². The second-order valence-electron chi connectivity index (χ2n) is 4.16. The standard InChI is InChI=1S/C10H14N4O/c11-9-3-13-10(4-12-9)14-5-7-1-2-8(6-14)15-7/h3-4,7-8H,1-2,5-6H2,(H2,11,12). The van der Waals surface area contributed by atoms with Crippen molar-refractivity contribution in [3.05, 3.63) is 12.4 Å². The van der Waals surface area contributed by atoms with Gasteiger partial charge in [-0.15, -0.1) is 0 Å². The number of nitrogen functional groups attached to an aromatic ring is 1. The summed E-state index contributed by atoms with van der Waals surface area (Å²) in [6.45, 7) is 1.85. The van der Waals surface area contributed by atoms with Crippen LogP contribution in [-0.2, 0) is 4.74 Å². The Hall–Kier alpha value is -1.36. The molecule has 80 valence electrons. The van der Waals surface area contributed by atoms with Gasteiger partial charge in [0.15, 0.2) is 0 Å². The van der Waals surface area contributed by atoms with E-state index in [0.29, 0.717) is 18.0 Å². The first-order valence-corrected chi connectivity index (χ1v) is 5.29. The van der Waals surface area contributed by atoms with Gasteiger partial charge in [0.1, 0.15) is 11.6 Å². The molecule has 0 spiro atoms. The Kier molecular flexibility index (Phi) is 1.98. The van der Waals surface area contributed by atoms with Gasteiger partial charge in [-0.2, -0.15) is 0 Å². The van der Waals surface area contributed by atoms with Crippen molar-refractivity contribution in [2.24, 2.45) is 0 Å². The lowest BCUT2D eigenvalue weighted by molar-refractivity contribution is 0.0302. The molecule has 2 fully saturated rings. The molecule has 0 amide bonds. The van der Waals surface area contributed by atoms with Crippen LogP contribution in [0.2, 0.25) is 0 Å². The first kappa shape index (κ1) is 8.91. The van der Waals surface area contributed by atoms with Crippen LogP contribution in [0.1, 0.15) is 12.8 Å². The monoisotopic (exact) mass is 206 g/mol. The van der Waals surface area contributed by atoms with Gasteiger partial charge in [0.25, 0.3) is 0 Å². The minimum Gasteiger partial charge on any atom is -0.382 e. The largest absolute Gasteiger partial charge is 0.382 e. The van der Waals surface area contributed by atoms with E-state index >= 15 is 0 Å². The first-order valence-electron chi connectivity index (χ1n) is 5.29. The van der Waals surface area contributed by atoms with E-state index in [4.69, 9.17) is 10.5 Å². The lowest BCUT2D eigenvalue weighted by atomic mass is 10.2. The maximum Gasteiger partial charge on any atom is 0.147 e. The highest BCUT2D eigenvalue weighted by molar-refractivity contribution is 5.40. The molecule has 0 aromatic carbocycles. The molecule has 2 aliphatic heterocycles. The molecule has 5 nitrogen and oxygen atoms in total. The number of hydrogen-bond donors (Lipinski definition) is 1. The van der Waals surface area contributed by atoms with Gasteiger partial charge in [0.2, 0.25) is 0 Å². The Morgan fingerprint density at radius 2 is 1.93 bits per heavy atom. The molecule has 1 aromatic rings. The van der Waals surface area contributed by atoms with Crippen LogP contribution in [0.3, 0.4) is 0 Å². The number of aromatic nitrogens is 2. The SMILES string of the molecule is Nc1cnc(N2CC3CCC(C2)O3)cn1. The van der Waals surface area contributed by atoms with Gasteiger partial charge in [0, 0.05) is 13.1 Å². The lowest BCUT2D eigenvalue weighted by Gasteiger charge is -2.32. The third kappa shape index (κ3) is 1.63. The van der Waals surface area contributed by atoms with E-state index in [2.05, 4.69) is 14.9 Å². The van der Waals surface area contributed by atoms with Crippen molar-refractivity contribution in [3.8, 4) is 0 Å². The lowest BCUT2D eigenvalue weighted by Crippen LogP contribution is -2.43. The minimum absolute atomic E-state index is 0.378. The van der Waals surface area contributed by atoms with Crippen LogP contribution in [-0.4, -0.2) is 35.3 Å². The molecule has 3 heterocycles. The van der Waals surface area contributed by atoms with Crippen LogP contribution in [0.4, 0.5) is 11.6 Å². The summed E-state index contributed by atoms with van der Waals surface area (Å²) in [4.78, 5) is 10.6. The number of hydrogen-bond acceptors (Lipinski definition) is 5. The van der Waals surface area contributed by atoms with Crippen LogP contribution >= 0.6 is 0 Å². The van der Waals surface area contributed by atoms with Crippen molar-refractivity contribution in [2.45, 2.75) is 25.0 Å². The quantitative estimate of drug-likeness (QED) is 0.721. The maximum atomic E-state index is 5.76. The highest BCUT2D eigenvalue weighted by Crippen LogP contribution is 2.28. The first-order chi connectivity index (χ1) is 7.31. The zero-order chi connectivity index (χ0) is 10.3. The molecule has 15 heavy (non-hydrogen) atoms. The Bertz CT molecular complexity index is 341. The predicted molar refractivity (Wildman–Crippen MR) is 56.6 cm³/mol. The molecule has 2 atom stereocenters. The molecular formula is C10H14N4O. The third-order valence-electron chi connectivity index (χ3n) is 3.03. The molecular weight excluding hydrogens is 192 g/mol. The van der Waals surface area contributed by atoms with Crippen LogP contribution < -0.4 is 10.6 Å². The average molecular weight is 206 g/mol. The van der Waals surface area contributed by atoms with E-state index < -0.39 is 0 Å². The average Bonchev–Trinajstić information content (AvgIpc) is 2.59. The Balaban J connectivity index is 1.80. The van der Waals surface area contributed by atoms with Gasteiger partial charge in [-0.1, -0.05) is 0 Å². The summed E-state index contributed by atoms with van der Waals surface area (Å²) in [5.74, 6) is 1.37. The molecule has 3 rings (SSSR count). The van der Waals surface area contributed by atoms with Crippen molar-refractivity contribution >= 4 is 11.6 Å². The summed E-state index contributed by atoms with van der Waals surface area (Å²) in [6.07, 6.45) is 6.44. The number of ether oxygens (including phenoxy) is 1. The van der Waals surface area contributed by atoms with Gasteiger partial charge >= 0.3 is 0 Å². The van der Waals surface area contributed by atoms with Crippen molar-refractivity contribution < 1.29 is 4.74 Å². The summed E-state index contributed by atoms with van der Waals surface area (Å²) >= 11 is 0. The van der Waals surface area contributed by atoms with Crippen molar-refractivity contribution in [3.63, 3.8) is 0 Å². The van der Waals surface area contributed by atoms with Gasteiger partial charge in [0.05, 0.1) is 24.6 Å². The number of nitrogens with two attached hydrogens (primary N) is 1. The molecule has 1 aromatic heterocycles. The van der Waals surface area contributed by atoms with Crippen molar-refractivity contribution in [1.29, 1.82) is 0 Å². The van der Waals surface area contributed by atoms with E-state index in [9.17, 15) is 0 Å². The van der Waals surface area contributed by atoms with Crippen LogP contribution in [0.25, 0.3) is 0 Å². The minimum atomic E-state index is 0.378. The third-order valence-corrected chi connectivity index (χ3v) is 3.03. The topological polar surface area (TPSA) is 64.3 Å². The second-order valence-corrected chi connectivity index (χ2v) is 4.16. The molecule has 0 aliphatic carbocycles. The normalized spacial score (nSPS) is 29.5. The van der Waals surface area contributed by atoms with Gasteiger partial charge < -0.3 is 15.4 Å². The molecule has 5 heteroatoms. The number of rotatable bonds is 1. The molecule has 0 radical (unpaired) electrons. The Morgan fingerprint density at radius 3 is 2.53 bits per heavy atom. The van der Waals surface area contributed by atoms with E-state index in [1.807, 2.05) is 0 Å². The number of morpholine rings is 1. The van der Waals surface area contributed by atoms with E-state index in [0.717, 1.165) is 18.9 Å². The number of fused-ring (bicyclic) bond motifs is 2. The van der Waals surface area contributed by atoms with Crippen molar-refractivity contribution in [1.82, 2.24) is 9.97 Å². The van der Waals surface area contributed by atoms with E-state index in [1.165, 1.54) is 12.8 Å². The van der Waals surface area contributed by atoms with Gasteiger partial charge in [-0.05, 0) is 12.8 Å². The molecule has 2 bridgehead atoms. The molecule has 2 aliphatic rings. The number of nitrogens with zero attached hydrogens (tertiary/aromatic N) is 3. The Morgan fingerprint density at radius 1 is 1.20 bits per heavy atom. The van der Waals surface area contributed by atoms with E-state index in [-0.39, 0.29) is 0 Å². The van der Waals surface area contributed by atoms with Gasteiger partial charge in [-0.3, -0.25) is 0 Å². The second kappa shape index (κ2) is 3.34. The van der Waals surface area contributed by atoms with Crippen LogP contribution in [0, 0.1) is 0 Å². The molecule has 2 N–H and O–H groups in total. The smallest absolute Gasteiger partial charge is 0.147 e. The molecule has 2 saturated heterocycles. The zero-order valence-electron chi connectivity index (χ0n) is 8.47.